The summed E-state index contributed by atoms with van der Waals surface area (Å²) in [5, 5.41) is 8.88. The van der Waals surface area contributed by atoms with Crippen LogP contribution in [0.3, 0.4) is 0 Å². The Labute approximate surface area is 105 Å². The lowest BCUT2D eigenvalue weighted by Gasteiger charge is -2.06. The highest BCUT2D eigenvalue weighted by molar-refractivity contribution is 7.91. The van der Waals surface area contributed by atoms with Gasteiger partial charge in [-0.25, -0.2) is 13.4 Å². The van der Waals surface area contributed by atoms with Crippen molar-refractivity contribution in [2.24, 2.45) is 0 Å². The van der Waals surface area contributed by atoms with Crippen LogP contribution >= 0.6 is 11.6 Å². The molecule has 0 amide bonds. The number of nitriles is 1. The fourth-order valence-electron chi connectivity index (χ4n) is 1.97. The summed E-state index contributed by atoms with van der Waals surface area (Å²) in [4.78, 5) is 4.15. The van der Waals surface area contributed by atoms with E-state index < -0.39 is 9.84 Å². The maximum atomic E-state index is 11.9. The maximum Gasteiger partial charge on any atom is 0.198 e. The highest BCUT2D eigenvalue weighted by atomic mass is 35.5. The molecule has 4 nitrogen and oxygen atoms in total. The van der Waals surface area contributed by atoms with E-state index in [2.05, 4.69) is 4.98 Å². The Balaban J connectivity index is 2.58. The minimum absolute atomic E-state index is 0.00592. The number of hydrogen-bond donors (Lipinski definition) is 0. The smallest absolute Gasteiger partial charge is 0.198 e. The van der Waals surface area contributed by atoms with E-state index in [1.54, 1.807) is 6.07 Å². The molecule has 2 rings (SSSR count). The SMILES string of the molecule is N#Cc1cc2c(nc1S(=O)(=O)CCCl)CCC2. The number of sulfone groups is 1. The Bertz CT molecular complexity index is 590. The summed E-state index contributed by atoms with van der Waals surface area (Å²) >= 11 is 5.46. The van der Waals surface area contributed by atoms with E-state index in [-0.39, 0.29) is 22.2 Å². The number of nitrogens with zero attached hydrogens (tertiary/aromatic N) is 2. The fourth-order valence-corrected chi connectivity index (χ4v) is 3.66. The molecule has 0 spiro atoms. The lowest BCUT2D eigenvalue weighted by atomic mass is 10.2. The molecule has 0 bridgehead atoms. The van der Waals surface area contributed by atoms with Crippen LogP contribution in [-0.4, -0.2) is 25.0 Å². The van der Waals surface area contributed by atoms with E-state index in [1.165, 1.54) is 0 Å². The largest absolute Gasteiger partial charge is 0.240 e. The Kier molecular flexibility index (Phi) is 3.36. The first-order valence-electron chi connectivity index (χ1n) is 5.30. The van der Waals surface area contributed by atoms with Crippen molar-refractivity contribution < 1.29 is 8.42 Å². The average molecular weight is 271 g/mol. The molecule has 0 saturated carbocycles. The van der Waals surface area contributed by atoms with Gasteiger partial charge in [0, 0.05) is 11.6 Å². The highest BCUT2D eigenvalue weighted by Gasteiger charge is 2.24. The second-order valence-corrected chi connectivity index (χ2v) is 6.32. The van der Waals surface area contributed by atoms with Crippen LogP contribution in [0.1, 0.15) is 23.2 Å². The quantitative estimate of drug-likeness (QED) is 0.780. The van der Waals surface area contributed by atoms with Crippen LogP contribution in [0.2, 0.25) is 0 Å². The van der Waals surface area contributed by atoms with Crippen LogP contribution in [-0.2, 0) is 22.7 Å². The van der Waals surface area contributed by atoms with E-state index in [9.17, 15) is 8.42 Å². The molecule has 1 aliphatic carbocycles. The molecule has 0 unspecified atom stereocenters. The van der Waals surface area contributed by atoms with E-state index in [0.717, 1.165) is 30.5 Å². The van der Waals surface area contributed by atoms with Gasteiger partial charge >= 0.3 is 0 Å². The van der Waals surface area contributed by atoms with Gasteiger partial charge in [-0.3, -0.25) is 0 Å². The summed E-state index contributed by atoms with van der Waals surface area (Å²) in [6, 6.07) is 3.55. The van der Waals surface area contributed by atoms with Crippen molar-refractivity contribution in [2.75, 3.05) is 11.6 Å². The number of halogens is 1. The fraction of sp³-hybridized carbons (Fsp3) is 0.455. The first-order valence-corrected chi connectivity index (χ1v) is 7.49. The maximum absolute atomic E-state index is 11.9. The van der Waals surface area contributed by atoms with Gasteiger partial charge < -0.3 is 0 Å². The third kappa shape index (κ3) is 2.28. The summed E-state index contributed by atoms with van der Waals surface area (Å²) in [7, 11) is -3.54. The third-order valence-corrected chi connectivity index (χ3v) is 4.83. The number of alkyl halides is 1. The molecule has 0 radical (unpaired) electrons. The van der Waals surface area contributed by atoms with Crippen molar-refractivity contribution in [3.05, 3.63) is 22.9 Å². The van der Waals surface area contributed by atoms with Crippen LogP contribution in [0.4, 0.5) is 0 Å². The molecule has 90 valence electrons. The second-order valence-electron chi connectivity index (χ2n) is 3.92. The summed E-state index contributed by atoms with van der Waals surface area (Å²) in [6.45, 7) is 0. The van der Waals surface area contributed by atoms with E-state index >= 15 is 0 Å². The molecule has 1 aromatic rings. The first kappa shape index (κ1) is 12.3. The van der Waals surface area contributed by atoms with Crippen molar-refractivity contribution in [3.8, 4) is 6.07 Å². The number of fused-ring (bicyclic) bond motifs is 1. The number of aryl methyl sites for hydroxylation is 2. The molecular formula is C11H11ClN2O2S. The minimum Gasteiger partial charge on any atom is -0.240 e. The van der Waals surface area contributed by atoms with Crippen LogP contribution in [0.15, 0.2) is 11.1 Å². The number of rotatable bonds is 3. The van der Waals surface area contributed by atoms with Crippen molar-refractivity contribution in [3.63, 3.8) is 0 Å². The molecule has 0 atom stereocenters. The zero-order chi connectivity index (χ0) is 12.5. The van der Waals surface area contributed by atoms with Crippen LogP contribution < -0.4 is 0 Å². The summed E-state index contributed by atoms with van der Waals surface area (Å²) < 4.78 is 23.8. The van der Waals surface area contributed by atoms with E-state index in [1.807, 2.05) is 6.07 Å². The molecule has 0 aliphatic heterocycles. The van der Waals surface area contributed by atoms with Gasteiger partial charge in [-0.05, 0) is 30.9 Å². The molecule has 0 aromatic carbocycles. The van der Waals surface area contributed by atoms with Crippen LogP contribution in [0.25, 0.3) is 0 Å². The molecule has 0 saturated heterocycles. The predicted molar refractivity (Wildman–Crippen MR) is 63.7 cm³/mol. The highest BCUT2D eigenvalue weighted by Crippen LogP contribution is 2.25. The zero-order valence-corrected chi connectivity index (χ0v) is 10.7. The van der Waals surface area contributed by atoms with Gasteiger partial charge in [-0.1, -0.05) is 0 Å². The molecule has 1 aromatic heterocycles. The molecule has 1 aliphatic rings. The van der Waals surface area contributed by atoms with Gasteiger partial charge in [0.05, 0.1) is 11.3 Å². The normalized spacial score (nSPS) is 14.4. The zero-order valence-electron chi connectivity index (χ0n) is 9.11. The minimum atomic E-state index is -3.54. The van der Waals surface area contributed by atoms with E-state index in [4.69, 9.17) is 16.9 Å². The first-order chi connectivity index (χ1) is 8.08. The third-order valence-electron chi connectivity index (χ3n) is 2.78. The average Bonchev–Trinajstić information content (AvgIpc) is 2.74. The standard InChI is InChI=1S/C11H11ClN2O2S/c12-4-5-17(15,16)11-9(7-13)6-8-2-1-3-10(8)14-11/h6H,1-5H2. The van der Waals surface area contributed by atoms with Gasteiger partial charge in [0.25, 0.3) is 0 Å². The predicted octanol–water partition coefficient (Wildman–Crippen LogP) is 1.45. The summed E-state index contributed by atoms with van der Waals surface area (Å²) in [5.74, 6) is -0.180. The van der Waals surface area contributed by atoms with Crippen molar-refractivity contribution in [1.82, 2.24) is 4.98 Å². The van der Waals surface area contributed by atoms with Crippen molar-refractivity contribution in [2.45, 2.75) is 24.3 Å². The molecular weight excluding hydrogens is 260 g/mol. The summed E-state index contributed by atoms with van der Waals surface area (Å²) in [6.07, 6.45) is 2.61. The molecule has 1 heterocycles. The van der Waals surface area contributed by atoms with Gasteiger partial charge in [0.2, 0.25) is 0 Å². The summed E-state index contributed by atoms with van der Waals surface area (Å²) in [5.41, 5.74) is 1.93. The lowest BCUT2D eigenvalue weighted by molar-refractivity contribution is 0.593. The molecule has 0 N–H and O–H groups in total. The van der Waals surface area contributed by atoms with Gasteiger partial charge in [-0.15, -0.1) is 11.6 Å². The van der Waals surface area contributed by atoms with Crippen molar-refractivity contribution >= 4 is 21.4 Å². The topological polar surface area (TPSA) is 70.8 Å². The molecule has 17 heavy (non-hydrogen) atoms. The van der Waals surface area contributed by atoms with E-state index in [0.29, 0.717) is 0 Å². The van der Waals surface area contributed by atoms with Crippen LogP contribution in [0.5, 0.6) is 0 Å². The van der Waals surface area contributed by atoms with Gasteiger partial charge in [0.1, 0.15) is 6.07 Å². The van der Waals surface area contributed by atoms with Crippen molar-refractivity contribution in [1.29, 1.82) is 5.26 Å². The van der Waals surface area contributed by atoms with Crippen LogP contribution in [0, 0.1) is 11.3 Å². The monoisotopic (exact) mass is 270 g/mol. The van der Waals surface area contributed by atoms with Gasteiger partial charge in [-0.2, -0.15) is 5.26 Å². The number of pyridine rings is 1. The number of aromatic nitrogens is 1. The molecule has 6 heteroatoms. The Morgan fingerprint density at radius 2 is 2.24 bits per heavy atom. The Hall–Kier alpha value is -1.12. The lowest BCUT2D eigenvalue weighted by Crippen LogP contribution is -2.13. The van der Waals surface area contributed by atoms with Gasteiger partial charge in [0.15, 0.2) is 14.9 Å². The Morgan fingerprint density at radius 3 is 2.88 bits per heavy atom. The second kappa shape index (κ2) is 4.63. The molecule has 0 fully saturated rings. The number of hydrogen-bond acceptors (Lipinski definition) is 4. The Morgan fingerprint density at radius 1 is 1.47 bits per heavy atom.